The SMILES string of the molecule is COc1cc(Br)ccc1C(C)(C)N. The summed E-state index contributed by atoms with van der Waals surface area (Å²) < 4.78 is 6.24. The van der Waals surface area contributed by atoms with E-state index in [-0.39, 0.29) is 5.54 Å². The van der Waals surface area contributed by atoms with Crippen LogP contribution >= 0.6 is 15.9 Å². The van der Waals surface area contributed by atoms with E-state index < -0.39 is 0 Å². The Morgan fingerprint density at radius 3 is 2.46 bits per heavy atom. The van der Waals surface area contributed by atoms with E-state index in [2.05, 4.69) is 15.9 Å². The summed E-state index contributed by atoms with van der Waals surface area (Å²) in [5.74, 6) is 0.821. The zero-order valence-electron chi connectivity index (χ0n) is 8.10. The van der Waals surface area contributed by atoms with Crippen molar-refractivity contribution in [2.75, 3.05) is 7.11 Å². The largest absolute Gasteiger partial charge is 0.496 e. The van der Waals surface area contributed by atoms with Crippen LogP contribution in [0.3, 0.4) is 0 Å². The summed E-state index contributed by atoms with van der Waals surface area (Å²) in [7, 11) is 1.65. The fourth-order valence-electron chi connectivity index (χ4n) is 1.20. The lowest BCUT2D eigenvalue weighted by molar-refractivity contribution is 0.394. The van der Waals surface area contributed by atoms with Gasteiger partial charge < -0.3 is 10.5 Å². The van der Waals surface area contributed by atoms with Gasteiger partial charge in [0.15, 0.2) is 0 Å². The third-order valence-electron chi connectivity index (χ3n) is 1.86. The third-order valence-corrected chi connectivity index (χ3v) is 2.35. The summed E-state index contributed by atoms with van der Waals surface area (Å²) in [6.45, 7) is 3.91. The fraction of sp³-hybridized carbons (Fsp3) is 0.400. The highest BCUT2D eigenvalue weighted by atomic mass is 79.9. The molecule has 0 aliphatic heterocycles. The zero-order chi connectivity index (χ0) is 10.1. The van der Waals surface area contributed by atoms with Crippen LogP contribution in [-0.4, -0.2) is 7.11 Å². The van der Waals surface area contributed by atoms with Crippen molar-refractivity contribution >= 4 is 15.9 Å². The van der Waals surface area contributed by atoms with Crippen LogP contribution in [0.4, 0.5) is 0 Å². The van der Waals surface area contributed by atoms with Crippen molar-refractivity contribution in [2.24, 2.45) is 5.73 Å². The number of halogens is 1. The molecule has 0 aromatic heterocycles. The number of ether oxygens (including phenoxy) is 1. The Hall–Kier alpha value is -0.540. The average Bonchev–Trinajstić information content (AvgIpc) is 2.01. The van der Waals surface area contributed by atoms with Crippen molar-refractivity contribution in [3.05, 3.63) is 28.2 Å². The van der Waals surface area contributed by atoms with E-state index in [1.807, 2.05) is 32.0 Å². The van der Waals surface area contributed by atoms with Gasteiger partial charge in [-0.05, 0) is 26.0 Å². The van der Waals surface area contributed by atoms with Crippen LogP contribution in [0, 0.1) is 0 Å². The van der Waals surface area contributed by atoms with E-state index in [0.29, 0.717) is 0 Å². The Kier molecular flexibility index (Phi) is 2.98. The molecule has 2 N–H and O–H groups in total. The molecule has 13 heavy (non-hydrogen) atoms. The van der Waals surface area contributed by atoms with Crippen LogP contribution in [0.2, 0.25) is 0 Å². The number of rotatable bonds is 2. The predicted octanol–water partition coefficient (Wildman–Crippen LogP) is 2.65. The van der Waals surface area contributed by atoms with Crippen LogP contribution in [0.15, 0.2) is 22.7 Å². The lowest BCUT2D eigenvalue weighted by atomic mass is 9.95. The molecular weight excluding hydrogens is 230 g/mol. The van der Waals surface area contributed by atoms with Crippen LogP contribution < -0.4 is 10.5 Å². The number of hydrogen-bond donors (Lipinski definition) is 1. The lowest BCUT2D eigenvalue weighted by Gasteiger charge is -2.22. The van der Waals surface area contributed by atoms with E-state index in [1.165, 1.54) is 0 Å². The van der Waals surface area contributed by atoms with E-state index in [1.54, 1.807) is 7.11 Å². The Bertz CT molecular complexity index is 304. The van der Waals surface area contributed by atoms with E-state index in [4.69, 9.17) is 10.5 Å². The molecule has 0 bridgehead atoms. The summed E-state index contributed by atoms with van der Waals surface area (Å²) in [6.07, 6.45) is 0. The van der Waals surface area contributed by atoms with Gasteiger partial charge in [0.25, 0.3) is 0 Å². The van der Waals surface area contributed by atoms with E-state index in [9.17, 15) is 0 Å². The van der Waals surface area contributed by atoms with E-state index >= 15 is 0 Å². The molecule has 0 amide bonds. The smallest absolute Gasteiger partial charge is 0.125 e. The summed E-state index contributed by atoms with van der Waals surface area (Å²) in [5.41, 5.74) is 6.63. The number of nitrogens with two attached hydrogens (primary N) is 1. The molecule has 0 saturated heterocycles. The predicted molar refractivity (Wildman–Crippen MR) is 57.9 cm³/mol. The first-order chi connectivity index (χ1) is 5.95. The summed E-state index contributed by atoms with van der Waals surface area (Å²) in [5, 5.41) is 0. The molecule has 2 nitrogen and oxygen atoms in total. The third kappa shape index (κ3) is 2.45. The zero-order valence-corrected chi connectivity index (χ0v) is 9.68. The maximum Gasteiger partial charge on any atom is 0.125 e. The van der Waals surface area contributed by atoms with Crippen molar-refractivity contribution in [3.8, 4) is 5.75 Å². The molecule has 0 saturated carbocycles. The van der Waals surface area contributed by atoms with Gasteiger partial charge in [-0.1, -0.05) is 22.0 Å². The van der Waals surface area contributed by atoms with Gasteiger partial charge in [0.2, 0.25) is 0 Å². The highest BCUT2D eigenvalue weighted by molar-refractivity contribution is 9.10. The lowest BCUT2D eigenvalue weighted by Crippen LogP contribution is -2.29. The Labute approximate surface area is 87.2 Å². The molecule has 0 aliphatic rings. The van der Waals surface area contributed by atoms with Crippen molar-refractivity contribution in [1.29, 1.82) is 0 Å². The van der Waals surface area contributed by atoms with Gasteiger partial charge >= 0.3 is 0 Å². The van der Waals surface area contributed by atoms with Crippen molar-refractivity contribution in [1.82, 2.24) is 0 Å². The molecule has 0 atom stereocenters. The molecular formula is C10H14BrNO. The molecule has 0 spiro atoms. The normalized spacial score (nSPS) is 11.5. The molecule has 72 valence electrons. The molecule has 3 heteroatoms. The Morgan fingerprint density at radius 2 is 2.00 bits per heavy atom. The molecule has 0 aliphatic carbocycles. The first-order valence-corrected chi connectivity index (χ1v) is 4.87. The molecule has 0 heterocycles. The first kappa shape index (κ1) is 10.5. The van der Waals surface area contributed by atoms with E-state index in [0.717, 1.165) is 15.8 Å². The molecule has 0 radical (unpaired) electrons. The quantitative estimate of drug-likeness (QED) is 0.867. The summed E-state index contributed by atoms with van der Waals surface area (Å²) in [4.78, 5) is 0. The average molecular weight is 244 g/mol. The summed E-state index contributed by atoms with van der Waals surface area (Å²) in [6, 6.07) is 5.86. The molecule has 1 aromatic rings. The second-order valence-electron chi connectivity index (χ2n) is 3.57. The van der Waals surface area contributed by atoms with Crippen LogP contribution in [0.1, 0.15) is 19.4 Å². The van der Waals surface area contributed by atoms with Crippen LogP contribution in [-0.2, 0) is 5.54 Å². The maximum atomic E-state index is 5.99. The minimum absolute atomic E-state index is 0.369. The van der Waals surface area contributed by atoms with Gasteiger partial charge in [-0.2, -0.15) is 0 Å². The monoisotopic (exact) mass is 243 g/mol. The molecule has 0 fully saturated rings. The van der Waals surface area contributed by atoms with Gasteiger partial charge in [0.1, 0.15) is 5.75 Å². The van der Waals surface area contributed by atoms with Crippen LogP contribution in [0.5, 0.6) is 5.75 Å². The topological polar surface area (TPSA) is 35.2 Å². The van der Waals surface area contributed by atoms with Gasteiger partial charge in [-0.3, -0.25) is 0 Å². The Balaban J connectivity index is 3.22. The highest BCUT2D eigenvalue weighted by Gasteiger charge is 2.18. The van der Waals surface area contributed by atoms with Crippen molar-refractivity contribution in [3.63, 3.8) is 0 Å². The minimum Gasteiger partial charge on any atom is -0.496 e. The second kappa shape index (κ2) is 3.68. The van der Waals surface area contributed by atoms with Crippen molar-refractivity contribution < 1.29 is 4.74 Å². The molecule has 1 rings (SSSR count). The standard InChI is InChI=1S/C10H14BrNO/c1-10(2,12)8-5-4-7(11)6-9(8)13-3/h4-6H,12H2,1-3H3. The fourth-order valence-corrected chi connectivity index (χ4v) is 1.54. The van der Waals surface area contributed by atoms with Gasteiger partial charge in [0.05, 0.1) is 7.11 Å². The number of benzene rings is 1. The molecule has 0 unspecified atom stereocenters. The maximum absolute atomic E-state index is 5.99. The van der Waals surface area contributed by atoms with Crippen molar-refractivity contribution in [2.45, 2.75) is 19.4 Å². The Morgan fingerprint density at radius 1 is 1.38 bits per heavy atom. The first-order valence-electron chi connectivity index (χ1n) is 4.08. The second-order valence-corrected chi connectivity index (χ2v) is 4.48. The minimum atomic E-state index is -0.369. The van der Waals surface area contributed by atoms with Gasteiger partial charge in [-0.25, -0.2) is 0 Å². The summed E-state index contributed by atoms with van der Waals surface area (Å²) >= 11 is 3.38. The molecule has 1 aromatic carbocycles. The van der Waals surface area contributed by atoms with Gasteiger partial charge in [-0.15, -0.1) is 0 Å². The van der Waals surface area contributed by atoms with Gasteiger partial charge in [0, 0.05) is 15.6 Å². The number of methoxy groups -OCH3 is 1. The number of hydrogen-bond acceptors (Lipinski definition) is 2. The van der Waals surface area contributed by atoms with Crippen LogP contribution in [0.25, 0.3) is 0 Å². The highest BCUT2D eigenvalue weighted by Crippen LogP contribution is 2.30.